The Hall–Kier alpha value is -1.56. The van der Waals surface area contributed by atoms with E-state index < -0.39 is 0 Å². The zero-order valence-electron chi connectivity index (χ0n) is 13.5. The van der Waals surface area contributed by atoms with Crippen LogP contribution in [-0.2, 0) is 0 Å². The fourth-order valence-corrected chi connectivity index (χ4v) is 2.65. The molecule has 0 aromatic carbocycles. The minimum Gasteiger partial charge on any atom is -0.338 e. The average Bonchev–Trinajstić information content (AvgIpc) is 3.07. The van der Waals surface area contributed by atoms with Crippen molar-refractivity contribution in [1.82, 2.24) is 25.3 Å². The van der Waals surface area contributed by atoms with E-state index in [1.807, 2.05) is 22.7 Å². The molecule has 1 aromatic rings. The summed E-state index contributed by atoms with van der Waals surface area (Å²) in [5.74, 6) is 0. The number of nitrogens with one attached hydrogen (secondary N) is 2. The van der Waals surface area contributed by atoms with Crippen molar-refractivity contribution >= 4 is 6.03 Å². The van der Waals surface area contributed by atoms with E-state index in [0.29, 0.717) is 18.6 Å². The summed E-state index contributed by atoms with van der Waals surface area (Å²) in [6.45, 7) is 10.6. The summed E-state index contributed by atoms with van der Waals surface area (Å²) in [5, 5.41) is 10.8. The molecular formula is C15H27N5O. The smallest absolute Gasteiger partial charge is 0.317 e. The Labute approximate surface area is 126 Å². The van der Waals surface area contributed by atoms with Crippen molar-refractivity contribution in [3.05, 3.63) is 18.0 Å². The standard InChI is InChI=1S/C15H27N5O/c1-5-16-15(21)19-7-6-14(10-19)18-12(4)13-8-17-20(9-13)11(2)3/h8-9,11-12,14,18H,5-7,10H2,1-4H3,(H,16,21)/t12-,14+/m1/s1. The predicted octanol–water partition coefficient (Wildman–Crippen LogP) is 1.92. The van der Waals surface area contributed by atoms with Gasteiger partial charge in [0.2, 0.25) is 0 Å². The van der Waals surface area contributed by atoms with Gasteiger partial charge in [-0.05, 0) is 34.1 Å². The van der Waals surface area contributed by atoms with Gasteiger partial charge in [-0.15, -0.1) is 0 Å². The molecule has 6 heteroatoms. The molecule has 0 saturated carbocycles. The fraction of sp³-hybridized carbons (Fsp3) is 0.733. The third-order valence-electron chi connectivity index (χ3n) is 3.94. The topological polar surface area (TPSA) is 62.2 Å². The minimum atomic E-state index is 0.0436. The monoisotopic (exact) mass is 293 g/mol. The Bertz CT molecular complexity index is 470. The first-order valence-corrected chi connectivity index (χ1v) is 7.84. The molecule has 0 radical (unpaired) electrons. The SMILES string of the molecule is CCNC(=O)N1CC[C@H](N[C@H](C)c2cnn(C(C)C)c2)C1. The van der Waals surface area contributed by atoms with Crippen LogP contribution in [0.1, 0.15) is 51.8 Å². The van der Waals surface area contributed by atoms with E-state index in [1.165, 1.54) is 5.56 Å². The summed E-state index contributed by atoms with van der Waals surface area (Å²) in [4.78, 5) is 13.7. The zero-order chi connectivity index (χ0) is 15.4. The Morgan fingerprint density at radius 2 is 2.24 bits per heavy atom. The number of amides is 2. The molecule has 1 saturated heterocycles. The molecule has 2 atom stereocenters. The van der Waals surface area contributed by atoms with Crippen LogP contribution < -0.4 is 10.6 Å². The van der Waals surface area contributed by atoms with E-state index in [4.69, 9.17) is 0 Å². The second-order valence-corrected chi connectivity index (χ2v) is 6.00. The summed E-state index contributed by atoms with van der Waals surface area (Å²) in [6.07, 6.45) is 5.02. The van der Waals surface area contributed by atoms with E-state index in [0.717, 1.165) is 19.5 Å². The third-order valence-corrected chi connectivity index (χ3v) is 3.94. The summed E-state index contributed by atoms with van der Waals surface area (Å²) < 4.78 is 1.98. The molecule has 0 bridgehead atoms. The molecule has 0 unspecified atom stereocenters. The third kappa shape index (κ3) is 3.97. The van der Waals surface area contributed by atoms with Crippen LogP contribution in [0.3, 0.4) is 0 Å². The number of nitrogens with zero attached hydrogens (tertiary/aromatic N) is 3. The number of carbonyl (C=O) groups is 1. The van der Waals surface area contributed by atoms with Crippen LogP contribution in [0, 0.1) is 0 Å². The van der Waals surface area contributed by atoms with Crippen molar-refractivity contribution in [3.8, 4) is 0 Å². The van der Waals surface area contributed by atoms with Crippen LogP contribution >= 0.6 is 0 Å². The van der Waals surface area contributed by atoms with Gasteiger partial charge in [-0.3, -0.25) is 4.68 Å². The van der Waals surface area contributed by atoms with Gasteiger partial charge in [0.25, 0.3) is 0 Å². The first-order valence-electron chi connectivity index (χ1n) is 7.84. The number of carbonyl (C=O) groups excluding carboxylic acids is 1. The van der Waals surface area contributed by atoms with Crippen molar-refractivity contribution in [3.63, 3.8) is 0 Å². The molecule has 1 aliphatic rings. The van der Waals surface area contributed by atoms with E-state index in [-0.39, 0.29) is 12.1 Å². The number of hydrogen-bond donors (Lipinski definition) is 2. The highest BCUT2D eigenvalue weighted by molar-refractivity contribution is 5.74. The largest absolute Gasteiger partial charge is 0.338 e. The highest BCUT2D eigenvalue weighted by Gasteiger charge is 2.27. The van der Waals surface area contributed by atoms with Gasteiger partial charge in [-0.2, -0.15) is 5.10 Å². The van der Waals surface area contributed by atoms with Gasteiger partial charge in [0.15, 0.2) is 0 Å². The zero-order valence-corrected chi connectivity index (χ0v) is 13.5. The Morgan fingerprint density at radius 3 is 2.86 bits per heavy atom. The first kappa shape index (κ1) is 15.8. The first-order chi connectivity index (χ1) is 10.0. The number of rotatable bonds is 5. The van der Waals surface area contributed by atoms with Crippen molar-refractivity contribution in [2.45, 2.75) is 52.2 Å². The summed E-state index contributed by atoms with van der Waals surface area (Å²) in [6, 6.07) is 1.02. The van der Waals surface area contributed by atoms with E-state index in [2.05, 4.69) is 42.7 Å². The highest BCUT2D eigenvalue weighted by Crippen LogP contribution is 2.17. The summed E-state index contributed by atoms with van der Waals surface area (Å²) in [7, 11) is 0. The van der Waals surface area contributed by atoms with Gasteiger partial charge in [0.05, 0.1) is 6.20 Å². The van der Waals surface area contributed by atoms with E-state index in [1.54, 1.807) is 0 Å². The lowest BCUT2D eigenvalue weighted by Crippen LogP contribution is -2.41. The maximum absolute atomic E-state index is 11.8. The van der Waals surface area contributed by atoms with Gasteiger partial charge in [0.1, 0.15) is 0 Å². The maximum Gasteiger partial charge on any atom is 0.317 e. The predicted molar refractivity (Wildman–Crippen MR) is 83.2 cm³/mol. The van der Waals surface area contributed by atoms with Gasteiger partial charge < -0.3 is 15.5 Å². The molecule has 1 fully saturated rings. The van der Waals surface area contributed by atoms with Crippen molar-refractivity contribution in [1.29, 1.82) is 0 Å². The normalized spacial score (nSPS) is 20.0. The lowest BCUT2D eigenvalue weighted by molar-refractivity contribution is 0.208. The Kier molecular flexibility index (Phi) is 5.22. The molecule has 0 aliphatic carbocycles. The van der Waals surface area contributed by atoms with E-state index in [9.17, 15) is 4.79 Å². The highest BCUT2D eigenvalue weighted by atomic mass is 16.2. The average molecular weight is 293 g/mol. The summed E-state index contributed by atoms with van der Waals surface area (Å²) in [5.41, 5.74) is 1.19. The Morgan fingerprint density at radius 1 is 1.48 bits per heavy atom. The van der Waals surface area contributed by atoms with Crippen molar-refractivity contribution < 1.29 is 4.79 Å². The molecule has 2 heterocycles. The Balaban J connectivity index is 1.86. The number of hydrogen-bond acceptors (Lipinski definition) is 3. The molecule has 2 rings (SSSR count). The van der Waals surface area contributed by atoms with Crippen LogP contribution in [0.25, 0.3) is 0 Å². The van der Waals surface area contributed by atoms with Crippen LogP contribution in [0.5, 0.6) is 0 Å². The molecule has 2 N–H and O–H groups in total. The number of aromatic nitrogens is 2. The lowest BCUT2D eigenvalue weighted by Gasteiger charge is -2.20. The van der Waals surface area contributed by atoms with Gasteiger partial charge >= 0.3 is 6.03 Å². The molecule has 1 aromatic heterocycles. The van der Waals surface area contributed by atoms with Crippen molar-refractivity contribution in [2.24, 2.45) is 0 Å². The van der Waals surface area contributed by atoms with Gasteiger partial charge in [-0.25, -0.2) is 4.79 Å². The van der Waals surface area contributed by atoms with Crippen LogP contribution in [0.4, 0.5) is 4.79 Å². The maximum atomic E-state index is 11.8. The molecule has 0 spiro atoms. The molecular weight excluding hydrogens is 266 g/mol. The van der Waals surface area contributed by atoms with Crippen LogP contribution in [0.2, 0.25) is 0 Å². The summed E-state index contributed by atoms with van der Waals surface area (Å²) >= 11 is 0. The lowest BCUT2D eigenvalue weighted by atomic mass is 10.1. The quantitative estimate of drug-likeness (QED) is 0.872. The van der Waals surface area contributed by atoms with Gasteiger partial charge in [-0.1, -0.05) is 0 Å². The molecule has 21 heavy (non-hydrogen) atoms. The van der Waals surface area contributed by atoms with Crippen LogP contribution in [-0.4, -0.2) is 46.4 Å². The minimum absolute atomic E-state index is 0.0436. The fourth-order valence-electron chi connectivity index (χ4n) is 2.65. The second-order valence-electron chi connectivity index (χ2n) is 6.00. The number of urea groups is 1. The molecule has 2 amide bonds. The van der Waals surface area contributed by atoms with Gasteiger partial charge in [0, 0.05) is 49.5 Å². The second kappa shape index (κ2) is 6.93. The van der Waals surface area contributed by atoms with Crippen molar-refractivity contribution in [2.75, 3.05) is 19.6 Å². The number of likely N-dealkylation sites (tertiary alicyclic amines) is 1. The van der Waals surface area contributed by atoms with Crippen LogP contribution in [0.15, 0.2) is 12.4 Å². The molecule has 1 aliphatic heterocycles. The molecule has 6 nitrogen and oxygen atoms in total. The van der Waals surface area contributed by atoms with E-state index >= 15 is 0 Å². The molecule has 118 valence electrons.